The molecule has 1 heterocycles. The second kappa shape index (κ2) is 8.84. The number of hydrogen-bond acceptors (Lipinski definition) is 4. The highest BCUT2D eigenvalue weighted by Gasteiger charge is 2.18. The quantitative estimate of drug-likeness (QED) is 0.659. The fourth-order valence-electron chi connectivity index (χ4n) is 2.60. The third-order valence-corrected chi connectivity index (χ3v) is 4.21. The van der Waals surface area contributed by atoms with E-state index in [0.717, 1.165) is 43.5 Å². The summed E-state index contributed by atoms with van der Waals surface area (Å²) in [7, 11) is 0. The molecule has 23 heavy (non-hydrogen) atoms. The lowest BCUT2D eigenvalue weighted by molar-refractivity contribution is 0.0526. The van der Waals surface area contributed by atoms with Crippen LogP contribution < -0.4 is 5.32 Å². The summed E-state index contributed by atoms with van der Waals surface area (Å²) in [4.78, 5) is 16.3. The minimum absolute atomic E-state index is 0.298. The number of benzene rings is 1. The van der Waals surface area contributed by atoms with Gasteiger partial charge in [-0.25, -0.2) is 4.79 Å². The van der Waals surface area contributed by atoms with Crippen LogP contribution in [0.5, 0.6) is 0 Å². The summed E-state index contributed by atoms with van der Waals surface area (Å²) in [6, 6.07) is 7.21. The van der Waals surface area contributed by atoms with Gasteiger partial charge in [-0.05, 0) is 56.4 Å². The molecule has 2 rings (SSSR count). The van der Waals surface area contributed by atoms with Crippen LogP contribution in [0.1, 0.15) is 30.6 Å². The van der Waals surface area contributed by atoms with E-state index >= 15 is 0 Å². The van der Waals surface area contributed by atoms with Crippen LogP contribution in [0.4, 0.5) is 5.69 Å². The highest BCUT2D eigenvalue weighted by Crippen LogP contribution is 2.12. The minimum atomic E-state index is -0.298. The molecule has 1 aromatic carbocycles. The Morgan fingerprint density at radius 1 is 1.17 bits per heavy atom. The number of piperazine rings is 1. The second-order valence-electron chi connectivity index (χ2n) is 5.56. The summed E-state index contributed by atoms with van der Waals surface area (Å²) in [5, 5.41) is 3.98. The highest BCUT2D eigenvalue weighted by atomic mass is 32.1. The van der Waals surface area contributed by atoms with Gasteiger partial charge in [0.1, 0.15) is 0 Å². The van der Waals surface area contributed by atoms with Gasteiger partial charge in [-0.15, -0.1) is 0 Å². The highest BCUT2D eigenvalue weighted by molar-refractivity contribution is 7.80. The summed E-state index contributed by atoms with van der Waals surface area (Å²) < 4.78 is 4.98. The molecular formula is C17H25N3O2S. The van der Waals surface area contributed by atoms with Crippen LogP contribution in [-0.4, -0.2) is 60.2 Å². The molecule has 0 bridgehead atoms. The van der Waals surface area contributed by atoms with E-state index in [1.807, 2.05) is 12.1 Å². The normalized spacial score (nSPS) is 15.3. The summed E-state index contributed by atoms with van der Waals surface area (Å²) in [5.41, 5.74) is 1.44. The summed E-state index contributed by atoms with van der Waals surface area (Å²) in [5.74, 6) is -0.298. The van der Waals surface area contributed by atoms with Gasteiger partial charge in [-0.3, -0.25) is 4.90 Å². The summed E-state index contributed by atoms with van der Waals surface area (Å²) >= 11 is 5.49. The maximum absolute atomic E-state index is 11.6. The Labute approximate surface area is 143 Å². The molecule has 1 fully saturated rings. The zero-order valence-corrected chi connectivity index (χ0v) is 14.7. The summed E-state index contributed by atoms with van der Waals surface area (Å²) in [6.07, 6.45) is 1.19. The Kier molecular flexibility index (Phi) is 6.80. The number of carbonyl (C=O) groups excluding carboxylic acids is 1. The first-order valence-electron chi connectivity index (χ1n) is 8.19. The maximum Gasteiger partial charge on any atom is 0.338 e. The number of nitrogens with zero attached hydrogens (tertiary/aromatic N) is 2. The fourth-order valence-corrected chi connectivity index (χ4v) is 2.90. The van der Waals surface area contributed by atoms with Crippen LogP contribution in [-0.2, 0) is 4.74 Å². The minimum Gasteiger partial charge on any atom is -0.462 e. The van der Waals surface area contributed by atoms with Gasteiger partial charge in [0.2, 0.25) is 0 Å². The van der Waals surface area contributed by atoms with E-state index in [1.54, 1.807) is 19.1 Å². The van der Waals surface area contributed by atoms with Crippen LogP contribution in [0, 0.1) is 0 Å². The Balaban J connectivity index is 1.85. The molecule has 1 aliphatic rings. The smallest absolute Gasteiger partial charge is 0.338 e. The number of anilines is 1. The van der Waals surface area contributed by atoms with Crippen molar-refractivity contribution in [3.63, 3.8) is 0 Å². The van der Waals surface area contributed by atoms with Crippen molar-refractivity contribution in [3.05, 3.63) is 29.8 Å². The maximum atomic E-state index is 11.6. The topological polar surface area (TPSA) is 44.8 Å². The van der Waals surface area contributed by atoms with Gasteiger partial charge < -0.3 is 15.0 Å². The molecule has 0 aliphatic carbocycles. The molecule has 1 aromatic rings. The molecular weight excluding hydrogens is 310 g/mol. The lowest BCUT2D eigenvalue weighted by Gasteiger charge is -2.36. The van der Waals surface area contributed by atoms with Crippen LogP contribution in [0.3, 0.4) is 0 Å². The van der Waals surface area contributed by atoms with Gasteiger partial charge in [0.05, 0.1) is 12.2 Å². The number of rotatable bonds is 5. The second-order valence-corrected chi connectivity index (χ2v) is 5.94. The average Bonchev–Trinajstić information content (AvgIpc) is 2.56. The predicted octanol–water partition coefficient (Wildman–Crippen LogP) is 2.59. The molecule has 6 heteroatoms. The van der Waals surface area contributed by atoms with E-state index in [2.05, 4.69) is 22.0 Å². The molecule has 1 aliphatic heterocycles. The largest absolute Gasteiger partial charge is 0.462 e. The van der Waals surface area contributed by atoms with Gasteiger partial charge in [-0.2, -0.15) is 0 Å². The van der Waals surface area contributed by atoms with E-state index in [-0.39, 0.29) is 5.97 Å². The first-order chi connectivity index (χ1) is 11.1. The van der Waals surface area contributed by atoms with E-state index < -0.39 is 0 Å². The Morgan fingerprint density at radius 2 is 1.83 bits per heavy atom. The number of nitrogens with one attached hydrogen (secondary N) is 1. The number of esters is 1. The molecule has 0 unspecified atom stereocenters. The molecule has 1 N–H and O–H groups in total. The van der Waals surface area contributed by atoms with Crippen LogP contribution in [0.2, 0.25) is 0 Å². The SMILES string of the molecule is CCCN1CCN(C(=S)Nc2ccc(C(=O)OCC)cc2)CC1. The number of carbonyl (C=O) groups is 1. The van der Waals surface area contributed by atoms with E-state index in [9.17, 15) is 4.79 Å². The Morgan fingerprint density at radius 3 is 2.39 bits per heavy atom. The average molecular weight is 335 g/mol. The van der Waals surface area contributed by atoms with Gasteiger partial charge in [0.15, 0.2) is 5.11 Å². The molecule has 0 spiro atoms. The molecule has 126 valence electrons. The third-order valence-electron chi connectivity index (χ3n) is 3.85. The Bertz CT molecular complexity index is 525. The first-order valence-corrected chi connectivity index (χ1v) is 8.60. The van der Waals surface area contributed by atoms with Gasteiger partial charge in [-0.1, -0.05) is 6.92 Å². The molecule has 0 atom stereocenters. The number of thiocarbonyl (C=S) groups is 1. The lowest BCUT2D eigenvalue weighted by Crippen LogP contribution is -2.49. The van der Waals surface area contributed by atoms with E-state index in [1.165, 1.54) is 6.42 Å². The van der Waals surface area contributed by atoms with E-state index in [4.69, 9.17) is 17.0 Å². The molecule has 0 aromatic heterocycles. The standard InChI is InChI=1S/C17H25N3O2S/c1-3-9-19-10-12-20(13-11-19)17(23)18-15-7-5-14(6-8-15)16(21)22-4-2/h5-8H,3-4,9-13H2,1-2H3,(H,18,23). The molecule has 1 saturated heterocycles. The molecule has 5 nitrogen and oxygen atoms in total. The number of hydrogen-bond donors (Lipinski definition) is 1. The van der Waals surface area contributed by atoms with Crippen molar-refractivity contribution in [1.82, 2.24) is 9.80 Å². The lowest BCUT2D eigenvalue weighted by atomic mass is 10.2. The van der Waals surface area contributed by atoms with Crippen LogP contribution >= 0.6 is 12.2 Å². The predicted molar refractivity (Wildman–Crippen MR) is 96.9 cm³/mol. The first kappa shape index (κ1) is 17.7. The summed E-state index contributed by atoms with van der Waals surface area (Å²) in [6.45, 7) is 9.55. The van der Waals surface area contributed by atoms with Crippen molar-refractivity contribution in [2.75, 3.05) is 44.6 Å². The molecule has 0 radical (unpaired) electrons. The Hall–Kier alpha value is -1.66. The van der Waals surface area contributed by atoms with Gasteiger partial charge in [0.25, 0.3) is 0 Å². The van der Waals surface area contributed by atoms with Crippen LogP contribution in [0.15, 0.2) is 24.3 Å². The van der Waals surface area contributed by atoms with Crippen molar-refractivity contribution in [1.29, 1.82) is 0 Å². The number of ether oxygens (including phenoxy) is 1. The zero-order valence-electron chi connectivity index (χ0n) is 13.9. The van der Waals surface area contributed by atoms with Crippen molar-refractivity contribution in [3.8, 4) is 0 Å². The fraction of sp³-hybridized carbons (Fsp3) is 0.529. The third kappa shape index (κ3) is 5.18. The van der Waals surface area contributed by atoms with Crippen LogP contribution in [0.25, 0.3) is 0 Å². The van der Waals surface area contributed by atoms with E-state index in [0.29, 0.717) is 12.2 Å². The van der Waals surface area contributed by atoms with Crippen molar-refractivity contribution in [2.24, 2.45) is 0 Å². The van der Waals surface area contributed by atoms with Crippen molar-refractivity contribution in [2.45, 2.75) is 20.3 Å². The van der Waals surface area contributed by atoms with Gasteiger partial charge in [0, 0.05) is 31.9 Å². The van der Waals surface area contributed by atoms with Gasteiger partial charge >= 0.3 is 5.97 Å². The molecule has 0 amide bonds. The molecule has 0 saturated carbocycles. The zero-order chi connectivity index (χ0) is 16.7. The monoisotopic (exact) mass is 335 g/mol. The van der Waals surface area contributed by atoms with Crippen molar-refractivity contribution < 1.29 is 9.53 Å². The van der Waals surface area contributed by atoms with Crippen molar-refractivity contribution >= 4 is 29.0 Å².